The van der Waals surface area contributed by atoms with Crippen molar-refractivity contribution in [2.75, 3.05) is 0 Å². The number of hydrogen-bond donors (Lipinski definition) is 1. The fourth-order valence-corrected chi connectivity index (χ4v) is 5.97. The molecule has 3 aliphatic rings. The van der Waals surface area contributed by atoms with E-state index >= 15 is 0 Å². The fourth-order valence-electron chi connectivity index (χ4n) is 5.64. The van der Waals surface area contributed by atoms with Crippen LogP contribution in [-0.4, -0.2) is 10.9 Å². The lowest BCUT2D eigenvalue weighted by Crippen LogP contribution is -2.24. The van der Waals surface area contributed by atoms with Crippen molar-refractivity contribution in [2.45, 2.75) is 32.6 Å². The van der Waals surface area contributed by atoms with E-state index in [1.54, 1.807) is 24.3 Å². The highest BCUT2D eigenvalue weighted by molar-refractivity contribution is 9.10. The Morgan fingerprint density at radius 2 is 1.90 bits per heavy atom. The quantitative estimate of drug-likeness (QED) is 0.574. The van der Waals surface area contributed by atoms with Crippen molar-refractivity contribution in [3.05, 3.63) is 63.6 Å². The summed E-state index contributed by atoms with van der Waals surface area (Å²) in [6, 6.07) is 10.1. The number of carbonyl (C=O) groups excluding carboxylic acids is 1. The first-order valence-corrected chi connectivity index (χ1v) is 11.0. The second-order valence-corrected chi connectivity index (χ2v) is 9.27. The van der Waals surface area contributed by atoms with E-state index < -0.39 is 5.82 Å². The van der Waals surface area contributed by atoms with Crippen molar-refractivity contribution in [3.8, 4) is 11.5 Å². The van der Waals surface area contributed by atoms with Crippen LogP contribution in [0.5, 0.6) is 11.5 Å². The first-order chi connectivity index (χ1) is 14.0. The smallest absolute Gasteiger partial charge is 0.170 e. The molecule has 0 radical (unpaired) electrons. The van der Waals surface area contributed by atoms with Crippen molar-refractivity contribution in [2.24, 2.45) is 23.7 Å². The van der Waals surface area contributed by atoms with E-state index in [0.29, 0.717) is 27.6 Å². The minimum Gasteiger partial charge on any atom is -0.511 e. The van der Waals surface area contributed by atoms with Crippen molar-refractivity contribution in [1.82, 2.24) is 0 Å². The first kappa shape index (κ1) is 18.9. The minimum absolute atomic E-state index is 0.0190. The van der Waals surface area contributed by atoms with Gasteiger partial charge in [-0.3, -0.25) is 4.79 Å². The molecule has 5 rings (SSSR count). The van der Waals surface area contributed by atoms with Gasteiger partial charge < -0.3 is 9.84 Å². The minimum atomic E-state index is -0.467. The number of fused-ring (bicyclic) bond motifs is 5. The summed E-state index contributed by atoms with van der Waals surface area (Å²) in [6.45, 7) is 2.02. The lowest BCUT2D eigenvalue weighted by atomic mass is 9.80. The number of benzene rings is 2. The molecule has 4 atom stereocenters. The van der Waals surface area contributed by atoms with Gasteiger partial charge >= 0.3 is 0 Å². The average molecular weight is 457 g/mol. The van der Waals surface area contributed by atoms with Gasteiger partial charge in [0.25, 0.3) is 0 Å². The molecule has 2 bridgehead atoms. The largest absolute Gasteiger partial charge is 0.511 e. The molecule has 29 heavy (non-hydrogen) atoms. The summed E-state index contributed by atoms with van der Waals surface area (Å²) < 4.78 is 20.6. The SMILES string of the molecule is CCc1ccc(Oc2ccc(Br)cc2F)cc1C1=C(O)[C@@H]2[C@@H]3CC[C@@H](C3)[C@@H]2C1=O. The number of aliphatic hydroxyl groups is 1. The van der Waals surface area contributed by atoms with Crippen LogP contribution < -0.4 is 4.74 Å². The Balaban J connectivity index is 1.54. The van der Waals surface area contributed by atoms with Gasteiger partial charge in [-0.05, 0) is 79.0 Å². The predicted molar refractivity (Wildman–Crippen MR) is 112 cm³/mol. The van der Waals surface area contributed by atoms with E-state index in [1.807, 2.05) is 13.0 Å². The Labute approximate surface area is 177 Å². The third kappa shape index (κ3) is 2.93. The number of Topliss-reactive ketones (excluding diaryl/α,β-unsaturated/α-hetero) is 1. The molecule has 150 valence electrons. The monoisotopic (exact) mass is 456 g/mol. The second-order valence-electron chi connectivity index (χ2n) is 8.36. The molecule has 0 heterocycles. The van der Waals surface area contributed by atoms with Gasteiger partial charge in [0.05, 0.1) is 5.57 Å². The maximum atomic E-state index is 14.2. The zero-order valence-electron chi connectivity index (χ0n) is 16.1. The molecule has 2 aromatic rings. The van der Waals surface area contributed by atoms with Gasteiger partial charge in [-0.15, -0.1) is 0 Å². The number of aryl methyl sites for hydroxylation is 1. The Morgan fingerprint density at radius 1 is 1.14 bits per heavy atom. The molecule has 0 amide bonds. The van der Waals surface area contributed by atoms with Crippen molar-refractivity contribution >= 4 is 27.3 Å². The zero-order chi connectivity index (χ0) is 20.3. The summed E-state index contributed by atoms with van der Waals surface area (Å²) in [5.41, 5.74) is 2.16. The van der Waals surface area contributed by atoms with Crippen molar-refractivity contribution in [3.63, 3.8) is 0 Å². The number of ketones is 1. The van der Waals surface area contributed by atoms with Crippen LogP contribution in [0, 0.1) is 29.5 Å². The van der Waals surface area contributed by atoms with Crippen LogP contribution in [0.15, 0.2) is 46.6 Å². The first-order valence-electron chi connectivity index (χ1n) is 10.2. The third-order valence-electron chi connectivity index (χ3n) is 6.89. The maximum Gasteiger partial charge on any atom is 0.170 e. The zero-order valence-corrected chi connectivity index (χ0v) is 17.7. The van der Waals surface area contributed by atoms with E-state index in [0.717, 1.165) is 36.8 Å². The standard InChI is InChI=1S/C24H22BrFO3/c1-2-12-5-7-16(29-19-8-6-15(25)10-18(19)26)11-17(12)22-23(27)20-13-3-4-14(9-13)21(20)24(22)28/h5-8,10-11,13-14,20-21,27H,2-4,9H2,1H3/t13-,14+,20-,21+/m1/s1. The molecule has 0 aliphatic heterocycles. The molecule has 2 saturated carbocycles. The van der Waals surface area contributed by atoms with Gasteiger partial charge in [0.15, 0.2) is 17.3 Å². The normalized spacial score (nSPS) is 27.6. The van der Waals surface area contributed by atoms with Gasteiger partial charge in [-0.25, -0.2) is 4.39 Å². The van der Waals surface area contributed by atoms with E-state index in [4.69, 9.17) is 4.74 Å². The molecule has 3 aliphatic carbocycles. The van der Waals surface area contributed by atoms with Crippen LogP contribution in [0.3, 0.4) is 0 Å². The second kappa shape index (κ2) is 6.98. The molecule has 0 unspecified atom stereocenters. The maximum absolute atomic E-state index is 14.2. The number of aliphatic hydroxyl groups excluding tert-OH is 1. The summed E-state index contributed by atoms with van der Waals surface area (Å²) in [5.74, 6) is 1.17. The fraction of sp³-hybridized carbons (Fsp3) is 0.375. The van der Waals surface area contributed by atoms with E-state index in [-0.39, 0.29) is 29.1 Å². The lowest BCUT2D eigenvalue weighted by Gasteiger charge is -2.23. The van der Waals surface area contributed by atoms with E-state index in [1.165, 1.54) is 6.07 Å². The molecule has 0 spiro atoms. The molecular formula is C24H22BrFO3. The molecule has 0 saturated heterocycles. The molecule has 5 heteroatoms. The van der Waals surface area contributed by atoms with E-state index in [9.17, 15) is 14.3 Å². The predicted octanol–water partition coefficient (Wildman–Crippen LogP) is 6.46. The number of halogens is 2. The average Bonchev–Trinajstić information content (AvgIpc) is 3.38. The Bertz CT molecular complexity index is 1040. The Morgan fingerprint density at radius 3 is 2.59 bits per heavy atom. The number of hydrogen-bond acceptors (Lipinski definition) is 3. The summed E-state index contributed by atoms with van der Waals surface area (Å²) in [6.07, 6.45) is 3.98. The summed E-state index contributed by atoms with van der Waals surface area (Å²) in [4.78, 5) is 13.3. The van der Waals surface area contributed by atoms with Gasteiger partial charge in [0.2, 0.25) is 0 Å². The molecule has 0 aromatic heterocycles. The Kier molecular flexibility index (Phi) is 4.54. The molecular weight excluding hydrogens is 435 g/mol. The molecule has 2 fully saturated rings. The molecule has 1 N–H and O–H groups in total. The number of carbonyl (C=O) groups is 1. The number of rotatable bonds is 4. The molecule has 3 nitrogen and oxygen atoms in total. The van der Waals surface area contributed by atoms with Crippen LogP contribution in [0.1, 0.15) is 37.3 Å². The number of ether oxygens (including phenoxy) is 1. The topological polar surface area (TPSA) is 46.5 Å². The summed E-state index contributed by atoms with van der Waals surface area (Å²) in [5, 5.41) is 11.0. The van der Waals surface area contributed by atoms with Gasteiger partial charge in [0.1, 0.15) is 11.5 Å². The number of allylic oxidation sites excluding steroid dienone is 2. The van der Waals surface area contributed by atoms with Crippen molar-refractivity contribution < 1.29 is 19.0 Å². The van der Waals surface area contributed by atoms with Gasteiger partial charge in [-0.1, -0.05) is 28.9 Å². The van der Waals surface area contributed by atoms with Gasteiger partial charge in [0, 0.05) is 16.3 Å². The van der Waals surface area contributed by atoms with Crippen LogP contribution in [0.4, 0.5) is 4.39 Å². The van der Waals surface area contributed by atoms with Crippen molar-refractivity contribution in [1.29, 1.82) is 0 Å². The van der Waals surface area contributed by atoms with E-state index in [2.05, 4.69) is 15.9 Å². The summed E-state index contributed by atoms with van der Waals surface area (Å²) >= 11 is 3.24. The lowest BCUT2D eigenvalue weighted by molar-refractivity contribution is -0.118. The summed E-state index contributed by atoms with van der Waals surface area (Å²) in [7, 11) is 0. The van der Waals surface area contributed by atoms with Crippen LogP contribution in [-0.2, 0) is 11.2 Å². The highest BCUT2D eigenvalue weighted by Crippen LogP contribution is 2.60. The molecule has 2 aromatic carbocycles. The highest BCUT2D eigenvalue weighted by atomic mass is 79.9. The van der Waals surface area contributed by atoms with Crippen LogP contribution in [0.2, 0.25) is 0 Å². The third-order valence-corrected chi connectivity index (χ3v) is 7.38. The van der Waals surface area contributed by atoms with Crippen LogP contribution in [0.25, 0.3) is 5.57 Å². The Hall–Kier alpha value is -2.14. The van der Waals surface area contributed by atoms with Crippen LogP contribution >= 0.6 is 15.9 Å². The van der Waals surface area contributed by atoms with Gasteiger partial charge in [-0.2, -0.15) is 0 Å². The highest BCUT2D eigenvalue weighted by Gasteiger charge is 2.57.